The van der Waals surface area contributed by atoms with Gasteiger partial charge < -0.3 is 20.3 Å². The van der Waals surface area contributed by atoms with Crippen LogP contribution in [0.4, 0.5) is 0 Å². The third-order valence-corrected chi connectivity index (χ3v) is 9.56. The smallest absolute Gasteiger partial charge is 0.305 e. The number of aliphatic hydroxyl groups is 2. The summed E-state index contributed by atoms with van der Waals surface area (Å²) in [5, 5.41) is 22.9. The minimum atomic E-state index is -0.875. The number of nitrogens with one attached hydrogen (secondary N) is 1. The molecule has 0 aliphatic heterocycles. The van der Waals surface area contributed by atoms with Gasteiger partial charge in [0, 0.05) is 12.8 Å². The molecule has 0 aromatic carbocycles. The van der Waals surface area contributed by atoms with Crippen LogP contribution in [0.5, 0.6) is 0 Å². The van der Waals surface area contributed by atoms with Crippen molar-refractivity contribution in [2.24, 2.45) is 0 Å². The predicted octanol–water partition coefficient (Wildman–Crippen LogP) is 12.3. The summed E-state index contributed by atoms with van der Waals surface area (Å²) in [6.07, 6.45) is 49.5. The van der Waals surface area contributed by atoms with Gasteiger partial charge in [0.2, 0.25) is 5.91 Å². The first-order chi connectivity index (χ1) is 25.5. The van der Waals surface area contributed by atoms with E-state index in [0.717, 1.165) is 83.5 Å². The van der Waals surface area contributed by atoms with Crippen LogP contribution in [0.3, 0.4) is 0 Å². The van der Waals surface area contributed by atoms with E-state index in [2.05, 4.69) is 55.6 Å². The zero-order valence-corrected chi connectivity index (χ0v) is 34.0. The van der Waals surface area contributed by atoms with Gasteiger partial charge in [-0.2, -0.15) is 0 Å². The fraction of sp³-hybridized carbons (Fsp3) is 0.783. The van der Waals surface area contributed by atoms with Crippen LogP contribution in [0.25, 0.3) is 0 Å². The number of amides is 1. The van der Waals surface area contributed by atoms with E-state index >= 15 is 0 Å². The van der Waals surface area contributed by atoms with Crippen LogP contribution in [0.15, 0.2) is 48.6 Å². The molecule has 0 aliphatic rings. The first kappa shape index (κ1) is 49.8. The molecule has 0 saturated heterocycles. The van der Waals surface area contributed by atoms with E-state index in [9.17, 15) is 19.8 Å². The summed E-state index contributed by atoms with van der Waals surface area (Å²) in [5.74, 6) is -0.188. The lowest BCUT2D eigenvalue weighted by Gasteiger charge is -2.19. The molecule has 302 valence electrons. The molecule has 0 aromatic rings. The van der Waals surface area contributed by atoms with Crippen LogP contribution in [-0.4, -0.2) is 47.4 Å². The number of carbonyl (C=O) groups is 2. The Kier molecular flexibility index (Phi) is 39.8. The van der Waals surface area contributed by atoms with Crippen molar-refractivity contribution in [3.63, 3.8) is 0 Å². The average molecular weight is 730 g/mol. The normalized spacial score (nSPS) is 13.2. The summed E-state index contributed by atoms with van der Waals surface area (Å²) in [4.78, 5) is 24.3. The largest absolute Gasteiger partial charge is 0.466 e. The van der Waals surface area contributed by atoms with Crippen molar-refractivity contribution in [1.82, 2.24) is 5.32 Å². The van der Waals surface area contributed by atoms with Gasteiger partial charge in [-0.3, -0.25) is 9.59 Å². The molecule has 0 aromatic heterocycles. The number of unbranched alkanes of at least 4 members (excludes halogenated alkanes) is 22. The summed E-state index contributed by atoms with van der Waals surface area (Å²) in [6, 6.07) is -0.666. The molecule has 2 unspecified atom stereocenters. The average Bonchev–Trinajstić information content (AvgIpc) is 3.14. The Bertz CT molecular complexity index is 895. The number of hydrogen-bond donors (Lipinski definition) is 3. The van der Waals surface area contributed by atoms with Gasteiger partial charge in [0.05, 0.1) is 25.4 Å². The Balaban J connectivity index is 3.62. The molecule has 0 heterocycles. The number of esters is 1. The summed E-state index contributed by atoms with van der Waals surface area (Å²) in [7, 11) is 0. The van der Waals surface area contributed by atoms with Crippen LogP contribution in [-0.2, 0) is 14.3 Å². The van der Waals surface area contributed by atoms with Crippen molar-refractivity contribution in [1.29, 1.82) is 0 Å². The van der Waals surface area contributed by atoms with E-state index in [1.54, 1.807) is 6.08 Å². The fourth-order valence-corrected chi connectivity index (χ4v) is 6.12. The highest BCUT2D eigenvalue weighted by Crippen LogP contribution is 2.13. The molecule has 6 heteroatoms. The SMILES string of the molecule is CCCC/C=C\C/C=C\CCCCCCCC(=O)OCCCCCC/C=C\CCCC(=O)NC(CO)C(O)/C=C/CCCCCCCCCCCC. The maximum atomic E-state index is 12.3. The van der Waals surface area contributed by atoms with E-state index in [1.807, 2.05) is 6.08 Å². The van der Waals surface area contributed by atoms with Crippen molar-refractivity contribution >= 4 is 11.9 Å². The molecular formula is C46H83NO5. The number of rotatable bonds is 39. The molecule has 52 heavy (non-hydrogen) atoms. The van der Waals surface area contributed by atoms with Crippen LogP contribution in [0, 0.1) is 0 Å². The lowest BCUT2D eigenvalue weighted by molar-refractivity contribution is -0.143. The monoisotopic (exact) mass is 730 g/mol. The second-order valence-corrected chi connectivity index (χ2v) is 14.7. The zero-order valence-electron chi connectivity index (χ0n) is 34.0. The highest BCUT2D eigenvalue weighted by molar-refractivity contribution is 5.76. The van der Waals surface area contributed by atoms with E-state index < -0.39 is 12.1 Å². The standard InChI is InChI=1S/C46H83NO5/c1-3-5-7-9-11-13-15-17-18-20-24-28-32-36-40-46(51)52-41-37-33-29-25-21-23-27-31-35-39-45(50)47-43(42-48)44(49)38-34-30-26-22-19-16-14-12-10-8-6-4-2/h9,11,15,17,23,27,34,38,43-44,48-49H,3-8,10,12-14,16,18-22,24-26,28-33,35-37,39-42H2,1-2H3,(H,47,50)/b11-9-,17-15-,27-23-,38-34+. The summed E-state index contributed by atoms with van der Waals surface area (Å²) >= 11 is 0. The van der Waals surface area contributed by atoms with E-state index in [1.165, 1.54) is 96.3 Å². The van der Waals surface area contributed by atoms with Crippen LogP contribution in [0.1, 0.15) is 206 Å². The molecule has 0 rings (SSSR count). The quantitative estimate of drug-likeness (QED) is 0.0332. The molecular weight excluding hydrogens is 647 g/mol. The minimum absolute atomic E-state index is 0.0544. The number of hydrogen-bond acceptors (Lipinski definition) is 5. The van der Waals surface area contributed by atoms with Crippen molar-refractivity contribution in [3.05, 3.63) is 48.6 Å². The summed E-state index contributed by atoms with van der Waals surface area (Å²) in [6.45, 7) is 4.73. The molecule has 2 atom stereocenters. The van der Waals surface area contributed by atoms with E-state index in [0.29, 0.717) is 19.4 Å². The second-order valence-electron chi connectivity index (χ2n) is 14.7. The third kappa shape index (κ3) is 37.6. The Hall–Kier alpha value is -2.18. The van der Waals surface area contributed by atoms with Gasteiger partial charge in [-0.25, -0.2) is 0 Å². The van der Waals surface area contributed by atoms with E-state index in [-0.39, 0.29) is 18.5 Å². The van der Waals surface area contributed by atoms with Gasteiger partial charge in [0.15, 0.2) is 0 Å². The molecule has 0 saturated carbocycles. The molecule has 6 nitrogen and oxygen atoms in total. The van der Waals surface area contributed by atoms with Gasteiger partial charge in [0.1, 0.15) is 0 Å². The topological polar surface area (TPSA) is 95.9 Å². The van der Waals surface area contributed by atoms with Crippen LogP contribution < -0.4 is 5.32 Å². The minimum Gasteiger partial charge on any atom is -0.466 e. The van der Waals surface area contributed by atoms with Crippen molar-refractivity contribution < 1.29 is 24.5 Å². The highest BCUT2D eigenvalue weighted by Gasteiger charge is 2.17. The van der Waals surface area contributed by atoms with Gasteiger partial charge in [-0.15, -0.1) is 0 Å². The fourth-order valence-electron chi connectivity index (χ4n) is 6.12. The molecule has 0 spiro atoms. The second kappa shape index (κ2) is 41.6. The first-order valence-electron chi connectivity index (χ1n) is 21.9. The zero-order chi connectivity index (χ0) is 38.0. The Morgan fingerprint density at radius 1 is 0.538 bits per heavy atom. The van der Waals surface area contributed by atoms with Crippen molar-refractivity contribution in [2.45, 2.75) is 219 Å². The molecule has 0 bridgehead atoms. The lowest BCUT2D eigenvalue weighted by atomic mass is 10.1. The van der Waals surface area contributed by atoms with Gasteiger partial charge in [-0.1, -0.05) is 165 Å². The third-order valence-electron chi connectivity index (χ3n) is 9.56. The number of allylic oxidation sites excluding steroid dienone is 7. The van der Waals surface area contributed by atoms with Crippen LogP contribution in [0.2, 0.25) is 0 Å². The summed E-state index contributed by atoms with van der Waals surface area (Å²) in [5.41, 5.74) is 0. The first-order valence-corrected chi connectivity index (χ1v) is 21.9. The summed E-state index contributed by atoms with van der Waals surface area (Å²) < 4.78 is 5.41. The molecule has 0 fully saturated rings. The molecule has 0 aliphatic carbocycles. The Morgan fingerprint density at radius 2 is 1.00 bits per heavy atom. The molecule has 3 N–H and O–H groups in total. The molecule has 1 amide bonds. The number of ether oxygens (including phenoxy) is 1. The van der Waals surface area contributed by atoms with Crippen molar-refractivity contribution in [3.8, 4) is 0 Å². The number of aliphatic hydroxyl groups excluding tert-OH is 2. The number of carbonyl (C=O) groups excluding carboxylic acids is 2. The predicted molar refractivity (Wildman–Crippen MR) is 222 cm³/mol. The van der Waals surface area contributed by atoms with Gasteiger partial charge >= 0.3 is 5.97 Å². The van der Waals surface area contributed by atoms with Gasteiger partial charge in [-0.05, 0) is 77.0 Å². The Labute approximate surface area is 321 Å². The molecule has 0 radical (unpaired) electrons. The maximum Gasteiger partial charge on any atom is 0.305 e. The Morgan fingerprint density at radius 3 is 1.58 bits per heavy atom. The van der Waals surface area contributed by atoms with Crippen molar-refractivity contribution in [2.75, 3.05) is 13.2 Å². The van der Waals surface area contributed by atoms with Crippen LogP contribution >= 0.6 is 0 Å². The maximum absolute atomic E-state index is 12.3. The lowest BCUT2D eigenvalue weighted by Crippen LogP contribution is -2.45. The van der Waals surface area contributed by atoms with Gasteiger partial charge in [0.25, 0.3) is 0 Å². The highest BCUT2D eigenvalue weighted by atomic mass is 16.5. The van der Waals surface area contributed by atoms with E-state index in [4.69, 9.17) is 4.74 Å².